The van der Waals surface area contributed by atoms with E-state index in [1.165, 1.54) is 0 Å². The summed E-state index contributed by atoms with van der Waals surface area (Å²) in [5.74, 6) is 1.79. The summed E-state index contributed by atoms with van der Waals surface area (Å²) in [5, 5.41) is 0. The van der Waals surface area contributed by atoms with Crippen LogP contribution in [0, 0.1) is 6.92 Å². The molecule has 0 fully saturated rings. The number of hydrogen-bond acceptors (Lipinski definition) is 2. The van der Waals surface area contributed by atoms with Crippen LogP contribution in [0.3, 0.4) is 0 Å². The van der Waals surface area contributed by atoms with Crippen LogP contribution in [0.15, 0.2) is 42.5 Å². The minimum Gasteiger partial charge on any atom is -0.439 e. The quantitative estimate of drug-likeness (QED) is 0.750. The van der Waals surface area contributed by atoms with Crippen molar-refractivity contribution in [1.82, 2.24) is 4.98 Å². The monoisotopic (exact) mass is 233 g/mol. The van der Waals surface area contributed by atoms with Crippen molar-refractivity contribution in [3.8, 4) is 11.6 Å². The molecule has 2 rings (SSSR count). The molecule has 0 aliphatic rings. The van der Waals surface area contributed by atoms with Crippen LogP contribution < -0.4 is 4.74 Å². The molecule has 16 heavy (non-hydrogen) atoms. The van der Waals surface area contributed by atoms with Crippen LogP contribution in [-0.4, -0.2) is 4.98 Å². The summed E-state index contributed by atoms with van der Waals surface area (Å²) in [6.07, 6.45) is 0. The molecular formula is C13H12ClNO. The fourth-order valence-electron chi connectivity index (χ4n) is 1.37. The highest BCUT2D eigenvalue weighted by Gasteiger charge is 2.02. The fourth-order valence-corrected chi connectivity index (χ4v) is 1.52. The largest absolute Gasteiger partial charge is 0.439 e. The second-order valence-electron chi connectivity index (χ2n) is 3.47. The molecule has 0 radical (unpaired) electrons. The molecule has 0 unspecified atom stereocenters. The topological polar surface area (TPSA) is 22.1 Å². The Labute approximate surface area is 99.9 Å². The number of para-hydroxylation sites is 1. The lowest BCUT2D eigenvalue weighted by molar-refractivity contribution is 0.458. The second-order valence-corrected chi connectivity index (χ2v) is 3.74. The first-order valence-corrected chi connectivity index (χ1v) is 5.58. The van der Waals surface area contributed by atoms with Crippen LogP contribution in [0.2, 0.25) is 0 Å². The van der Waals surface area contributed by atoms with Gasteiger partial charge < -0.3 is 4.74 Å². The number of pyridine rings is 1. The van der Waals surface area contributed by atoms with Crippen LogP contribution in [0.1, 0.15) is 11.3 Å². The maximum Gasteiger partial charge on any atom is 0.219 e. The van der Waals surface area contributed by atoms with E-state index in [9.17, 15) is 0 Å². The van der Waals surface area contributed by atoms with Gasteiger partial charge in [-0.3, -0.25) is 0 Å². The maximum atomic E-state index is 5.72. The molecule has 3 heteroatoms. The summed E-state index contributed by atoms with van der Waals surface area (Å²) in [5.41, 5.74) is 1.90. The van der Waals surface area contributed by atoms with Gasteiger partial charge in [0.05, 0.1) is 11.6 Å². The predicted molar refractivity (Wildman–Crippen MR) is 65.0 cm³/mol. The van der Waals surface area contributed by atoms with Crippen molar-refractivity contribution in [3.63, 3.8) is 0 Å². The van der Waals surface area contributed by atoms with Crippen molar-refractivity contribution in [2.24, 2.45) is 0 Å². The summed E-state index contributed by atoms with van der Waals surface area (Å²) in [6, 6.07) is 13.4. The minimum absolute atomic E-state index is 0.394. The zero-order valence-electron chi connectivity index (χ0n) is 8.98. The van der Waals surface area contributed by atoms with Crippen molar-refractivity contribution in [2.45, 2.75) is 12.8 Å². The van der Waals surface area contributed by atoms with E-state index in [1.54, 1.807) is 0 Å². The fraction of sp³-hybridized carbons (Fsp3) is 0.154. The van der Waals surface area contributed by atoms with Gasteiger partial charge in [-0.05, 0) is 24.6 Å². The number of nitrogens with zero attached hydrogens (tertiary/aromatic N) is 1. The molecule has 2 nitrogen and oxygen atoms in total. The molecule has 82 valence electrons. The van der Waals surface area contributed by atoms with E-state index in [0.29, 0.717) is 11.8 Å². The van der Waals surface area contributed by atoms with Crippen LogP contribution in [0.25, 0.3) is 0 Å². The molecule has 0 bridgehead atoms. The van der Waals surface area contributed by atoms with Crippen LogP contribution >= 0.6 is 11.6 Å². The summed E-state index contributed by atoms with van der Waals surface area (Å²) in [4.78, 5) is 4.27. The molecule has 0 N–H and O–H groups in total. The highest BCUT2D eigenvalue weighted by atomic mass is 35.5. The van der Waals surface area contributed by atoms with Gasteiger partial charge in [0.1, 0.15) is 5.75 Å². The van der Waals surface area contributed by atoms with E-state index >= 15 is 0 Å². The third-order valence-corrected chi connectivity index (χ3v) is 2.50. The summed E-state index contributed by atoms with van der Waals surface area (Å²) in [6.45, 7) is 2.00. The Kier molecular flexibility index (Phi) is 3.42. The average molecular weight is 234 g/mol. The number of hydrogen-bond donors (Lipinski definition) is 0. The number of rotatable bonds is 3. The molecule has 0 amide bonds. The smallest absolute Gasteiger partial charge is 0.219 e. The molecule has 1 heterocycles. The van der Waals surface area contributed by atoms with Gasteiger partial charge in [-0.2, -0.15) is 0 Å². The first-order chi connectivity index (χ1) is 7.79. The van der Waals surface area contributed by atoms with E-state index in [-0.39, 0.29) is 0 Å². The highest BCUT2D eigenvalue weighted by molar-refractivity contribution is 6.16. The van der Waals surface area contributed by atoms with Crippen LogP contribution in [-0.2, 0) is 5.88 Å². The number of benzene rings is 1. The highest BCUT2D eigenvalue weighted by Crippen LogP contribution is 2.23. The SMILES string of the molecule is Cc1ccccc1Oc1cccc(CCl)n1. The molecular weight excluding hydrogens is 222 g/mol. The third-order valence-electron chi connectivity index (χ3n) is 2.23. The van der Waals surface area contributed by atoms with Gasteiger partial charge in [-0.25, -0.2) is 4.98 Å². The maximum absolute atomic E-state index is 5.72. The zero-order valence-corrected chi connectivity index (χ0v) is 9.74. The van der Waals surface area contributed by atoms with Gasteiger partial charge >= 0.3 is 0 Å². The van der Waals surface area contributed by atoms with Crippen molar-refractivity contribution < 1.29 is 4.74 Å². The van der Waals surface area contributed by atoms with Gasteiger partial charge in [0.15, 0.2) is 0 Å². The number of alkyl halides is 1. The Hall–Kier alpha value is -1.54. The van der Waals surface area contributed by atoms with E-state index in [1.807, 2.05) is 49.4 Å². The zero-order chi connectivity index (χ0) is 11.4. The van der Waals surface area contributed by atoms with E-state index in [2.05, 4.69) is 4.98 Å². The molecule has 2 aromatic rings. The Morgan fingerprint density at radius 1 is 1.12 bits per heavy atom. The molecule has 0 spiro atoms. The molecule has 0 aliphatic heterocycles. The predicted octanol–water partition coefficient (Wildman–Crippen LogP) is 3.92. The minimum atomic E-state index is 0.394. The Morgan fingerprint density at radius 2 is 1.94 bits per heavy atom. The van der Waals surface area contributed by atoms with Gasteiger partial charge in [-0.1, -0.05) is 24.3 Å². The van der Waals surface area contributed by atoms with Crippen molar-refractivity contribution in [3.05, 3.63) is 53.7 Å². The molecule has 0 aliphatic carbocycles. The van der Waals surface area contributed by atoms with Crippen LogP contribution in [0.5, 0.6) is 11.6 Å². The Bertz CT molecular complexity index is 485. The van der Waals surface area contributed by atoms with Gasteiger partial charge in [0.2, 0.25) is 5.88 Å². The van der Waals surface area contributed by atoms with Gasteiger partial charge in [0, 0.05) is 6.07 Å². The van der Waals surface area contributed by atoms with Crippen molar-refractivity contribution >= 4 is 11.6 Å². The van der Waals surface area contributed by atoms with Crippen LogP contribution in [0.4, 0.5) is 0 Å². The summed E-state index contributed by atoms with van der Waals surface area (Å²) >= 11 is 5.72. The Morgan fingerprint density at radius 3 is 2.69 bits per heavy atom. The summed E-state index contributed by atoms with van der Waals surface area (Å²) in [7, 11) is 0. The van der Waals surface area contributed by atoms with E-state index in [4.69, 9.17) is 16.3 Å². The Balaban J connectivity index is 2.24. The number of ether oxygens (including phenoxy) is 1. The number of aryl methyl sites for hydroxylation is 1. The molecule has 0 saturated carbocycles. The first-order valence-electron chi connectivity index (χ1n) is 5.05. The molecule has 1 aromatic carbocycles. The van der Waals surface area contributed by atoms with Crippen molar-refractivity contribution in [2.75, 3.05) is 0 Å². The molecule has 0 saturated heterocycles. The average Bonchev–Trinajstić information content (AvgIpc) is 2.32. The van der Waals surface area contributed by atoms with Crippen molar-refractivity contribution in [1.29, 1.82) is 0 Å². The van der Waals surface area contributed by atoms with Gasteiger partial charge in [-0.15, -0.1) is 11.6 Å². The first kappa shape index (κ1) is 11.0. The normalized spacial score (nSPS) is 10.1. The molecule has 1 aromatic heterocycles. The lowest BCUT2D eigenvalue weighted by Crippen LogP contribution is -1.92. The summed E-state index contributed by atoms with van der Waals surface area (Å²) < 4.78 is 5.68. The molecule has 0 atom stereocenters. The third kappa shape index (κ3) is 2.52. The van der Waals surface area contributed by atoms with E-state index in [0.717, 1.165) is 17.0 Å². The number of aromatic nitrogens is 1. The lowest BCUT2D eigenvalue weighted by atomic mass is 10.2. The second kappa shape index (κ2) is 4.99. The van der Waals surface area contributed by atoms with E-state index < -0.39 is 0 Å². The standard InChI is InChI=1S/C13H12ClNO/c1-10-5-2-3-7-12(10)16-13-8-4-6-11(9-14)15-13/h2-8H,9H2,1H3. The lowest BCUT2D eigenvalue weighted by Gasteiger charge is -2.07. The number of halogens is 1. The van der Waals surface area contributed by atoms with Gasteiger partial charge in [0.25, 0.3) is 0 Å².